The second-order valence-electron chi connectivity index (χ2n) is 0.447. The van der Waals surface area contributed by atoms with E-state index in [1.807, 2.05) is 0 Å². The Balaban J connectivity index is -0.0000000800. The van der Waals surface area contributed by atoms with Crippen LogP contribution in [-0.4, -0.2) is 5.48 Å². The van der Waals surface area contributed by atoms with Gasteiger partial charge in [-0.05, 0) is 0 Å². The Hall–Kier alpha value is 0.589. The summed E-state index contributed by atoms with van der Waals surface area (Å²) >= 11 is 0. The third-order valence-corrected chi connectivity index (χ3v) is 0. The fourth-order valence-corrected chi connectivity index (χ4v) is 0. The molecule has 0 saturated heterocycles. The first-order valence-electron chi connectivity index (χ1n) is 0.730. The smallest absolute Gasteiger partial charge is 0.870 e. The summed E-state index contributed by atoms with van der Waals surface area (Å²) < 4.78 is 8.55. The average molecular weight is 176 g/mol. The molecule has 0 bridgehead atoms. The molecule has 0 saturated carbocycles. The summed E-state index contributed by atoms with van der Waals surface area (Å²) in [5, 5.41) is 0. The number of phosphoric acid groups is 1. The van der Waals surface area contributed by atoms with Crippen molar-refractivity contribution in [1.29, 1.82) is 0 Å². The van der Waals surface area contributed by atoms with Crippen LogP contribution < -0.4 is 14.7 Å². The van der Waals surface area contributed by atoms with Crippen LogP contribution in [0.15, 0.2) is 0 Å². The van der Waals surface area contributed by atoms with Gasteiger partial charge in [-0.1, -0.05) is 0 Å². The predicted octanol–water partition coefficient (Wildman–Crippen LogP) is -3.00. The van der Waals surface area contributed by atoms with Crippen LogP contribution in [0.2, 0.25) is 0 Å². The van der Waals surface area contributed by atoms with Crippen LogP contribution in [0, 0.1) is 0 Å². The molecule has 1 radical (unpaired) electrons. The molecule has 0 unspecified atom stereocenters. The molecule has 1 N–H and O–H groups in total. The Morgan fingerprint density at radius 2 is 1.14 bits per heavy atom. The van der Waals surface area contributed by atoms with Crippen molar-refractivity contribution in [3.05, 3.63) is 0 Å². The summed E-state index contributed by atoms with van der Waals surface area (Å²) in [6.45, 7) is 0. The van der Waals surface area contributed by atoms with Gasteiger partial charge in [0.2, 0.25) is 0 Å². The monoisotopic (exact) mass is 175 g/mol. The van der Waals surface area contributed by atoms with Gasteiger partial charge >= 0.3 is 17.1 Å². The van der Waals surface area contributed by atoms with Crippen molar-refractivity contribution in [3.63, 3.8) is 0 Å². The van der Waals surface area contributed by atoms with E-state index in [0.717, 1.165) is 0 Å². The first-order chi connectivity index (χ1) is 2.00. The Labute approximate surface area is 50.4 Å². The second-order valence-corrected chi connectivity index (χ2v) is 1.34. The summed E-state index contributed by atoms with van der Waals surface area (Å²) in [4.78, 5) is 25.6. The van der Waals surface area contributed by atoms with Gasteiger partial charge in [0.05, 0.1) is 0 Å². The normalized spacial score (nSPS) is 8.43. The van der Waals surface area contributed by atoms with Crippen LogP contribution in [0.4, 0.5) is 0 Å². The van der Waals surface area contributed by atoms with Gasteiger partial charge in [-0.3, -0.25) is 0 Å². The van der Waals surface area contributed by atoms with Crippen LogP contribution in [0.5, 0.6) is 0 Å². The van der Waals surface area contributed by atoms with Crippen LogP contribution in [-0.2, 0) is 21.6 Å². The van der Waals surface area contributed by atoms with Gasteiger partial charge in [0, 0.05) is 0 Å². The molecule has 0 aliphatic carbocycles. The average Bonchev–Trinajstić information content (AvgIpc) is 0.722. The molecule has 5 nitrogen and oxygen atoms in total. The van der Waals surface area contributed by atoms with Crippen molar-refractivity contribution >= 4 is 7.82 Å². The predicted molar refractivity (Wildman–Crippen MR) is 9.54 cm³/mol. The molecule has 0 aromatic carbocycles. The van der Waals surface area contributed by atoms with E-state index in [2.05, 4.69) is 0 Å². The molecule has 0 aliphatic rings. The molecule has 0 aromatic heterocycles. The molecular formula is HCuO5P-2. The van der Waals surface area contributed by atoms with Crippen molar-refractivity contribution in [2.45, 2.75) is 0 Å². The Morgan fingerprint density at radius 1 is 1.14 bits per heavy atom. The molecule has 49 valence electrons. The fourth-order valence-electron chi connectivity index (χ4n) is 0. The van der Waals surface area contributed by atoms with Crippen molar-refractivity contribution in [2.24, 2.45) is 0 Å². The minimum atomic E-state index is -5.39. The standard InChI is InChI=1S/Cu.H3O4P.H2O/c;1-5(2,3)4;/h;(H3,1,2,3,4);1H2/q+2;;/p-4. The maximum atomic E-state index is 8.55. The zero-order chi connectivity index (χ0) is 4.50. The molecule has 0 aromatic rings. The van der Waals surface area contributed by atoms with E-state index in [9.17, 15) is 0 Å². The van der Waals surface area contributed by atoms with E-state index in [1.54, 1.807) is 0 Å². The van der Waals surface area contributed by atoms with Crippen molar-refractivity contribution in [3.8, 4) is 0 Å². The first kappa shape index (κ1) is 15.6. The van der Waals surface area contributed by atoms with Crippen LogP contribution in [0.3, 0.4) is 0 Å². The van der Waals surface area contributed by atoms with Crippen molar-refractivity contribution in [1.82, 2.24) is 0 Å². The molecule has 7 heavy (non-hydrogen) atoms. The zero-order valence-corrected chi connectivity index (χ0v) is 4.67. The van der Waals surface area contributed by atoms with E-state index in [0.29, 0.717) is 0 Å². The third kappa shape index (κ3) is 399. The minimum Gasteiger partial charge on any atom is -0.870 e. The van der Waals surface area contributed by atoms with Gasteiger partial charge in [-0.2, -0.15) is 7.82 Å². The Bertz CT molecular complexity index is 54.2. The molecule has 0 spiro atoms. The molecule has 0 atom stereocenters. The summed E-state index contributed by atoms with van der Waals surface area (Å²) in [6.07, 6.45) is 0. The topological polar surface area (TPSA) is 116 Å². The van der Waals surface area contributed by atoms with E-state index in [1.165, 1.54) is 0 Å². The van der Waals surface area contributed by atoms with Crippen molar-refractivity contribution in [2.75, 3.05) is 0 Å². The molecule has 0 fully saturated rings. The van der Waals surface area contributed by atoms with Crippen LogP contribution >= 0.6 is 7.82 Å². The molecule has 0 amide bonds. The fraction of sp³-hybridized carbons (Fsp3) is 0. The number of rotatable bonds is 0. The van der Waals surface area contributed by atoms with E-state index >= 15 is 0 Å². The maximum Gasteiger partial charge on any atom is 2.00 e. The molecule has 7 heteroatoms. The third-order valence-electron chi connectivity index (χ3n) is 0. The van der Waals surface area contributed by atoms with Crippen LogP contribution in [0.25, 0.3) is 0 Å². The molecule has 0 rings (SSSR count). The number of hydrogen-bond acceptors (Lipinski definition) is 5. The quantitative estimate of drug-likeness (QED) is 0.287. The maximum absolute atomic E-state index is 8.55. The van der Waals surface area contributed by atoms with Crippen LogP contribution in [0.1, 0.15) is 0 Å². The van der Waals surface area contributed by atoms with Gasteiger partial charge < -0.3 is 24.7 Å². The summed E-state index contributed by atoms with van der Waals surface area (Å²) in [6, 6.07) is 0. The molecule has 0 heterocycles. The van der Waals surface area contributed by atoms with E-state index in [-0.39, 0.29) is 22.5 Å². The van der Waals surface area contributed by atoms with Gasteiger partial charge in [0.25, 0.3) is 0 Å². The van der Waals surface area contributed by atoms with Gasteiger partial charge in [-0.25, -0.2) is 0 Å². The summed E-state index contributed by atoms with van der Waals surface area (Å²) in [7, 11) is -5.39. The molecular weight excluding hydrogens is 175 g/mol. The second kappa shape index (κ2) is 4.74. The number of hydrogen-bond donors (Lipinski definition) is 0. The van der Waals surface area contributed by atoms with Gasteiger partial charge in [0.15, 0.2) is 0 Å². The zero-order valence-electron chi connectivity index (χ0n) is 2.83. The largest absolute Gasteiger partial charge is 2.00 e. The SMILES string of the molecule is O=P([O-])([O-])[O-].[Cu+2].[OH-]. The molecule has 0 aliphatic heterocycles. The van der Waals surface area contributed by atoms with Gasteiger partial charge in [-0.15, -0.1) is 0 Å². The first-order valence-corrected chi connectivity index (χ1v) is 2.19. The van der Waals surface area contributed by atoms with Gasteiger partial charge in [0.1, 0.15) is 0 Å². The Kier molecular flexibility index (Phi) is 10.6. The summed E-state index contributed by atoms with van der Waals surface area (Å²) in [5.41, 5.74) is 0. The Morgan fingerprint density at radius 3 is 1.14 bits per heavy atom. The summed E-state index contributed by atoms with van der Waals surface area (Å²) in [5.74, 6) is 0. The minimum absolute atomic E-state index is 0. The van der Waals surface area contributed by atoms with E-state index in [4.69, 9.17) is 19.2 Å². The van der Waals surface area contributed by atoms with Crippen molar-refractivity contribution < 1.29 is 41.8 Å². The van der Waals surface area contributed by atoms with E-state index < -0.39 is 7.82 Å².